The highest BCUT2D eigenvalue weighted by Gasteiger charge is 2.57. The zero-order valence-electron chi connectivity index (χ0n) is 62.6. The molecule has 2 fully saturated rings. The van der Waals surface area contributed by atoms with E-state index in [-0.39, 0.29) is 51.1 Å². The lowest BCUT2D eigenvalue weighted by molar-refractivity contribution is -0.332. The molecule has 0 spiro atoms. The van der Waals surface area contributed by atoms with Crippen LogP contribution >= 0.6 is 0 Å². The maximum Gasteiger partial charge on any atom is 0.338 e. The van der Waals surface area contributed by atoms with Gasteiger partial charge < -0.3 is 76.2 Å². The number of unbranched alkanes of at least 4 members (excludes halogenated alkanes) is 6. The number of benzene rings is 8. The van der Waals surface area contributed by atoms with Crippen LogP contribution in [0.2, 0.25) is 0 Å². The van der Waals surface area contributed by atoms with Gasteiger partial charge in [-0.25, -0.2) is 38.4 Å². The van der Waals surface area contributed by atoms with Crippen LogP contribution in [0.3, 0.4) is 0 Å². The Bertz CT molecular complexity index is 4410. The molecule has 0 saturated carbocycles. The van der Waals surface area contributed by atoms with E-state index < -0.39 is 172 Å². The van der Waals surface area contributed by atoms with Gasteiger partial charge in [-0.3, -0.25) is 9.59 Å². The van der Waals surface area contributed by atoms with Crippen LogP contribution in [-0.4, -0.2) is 177 Å². The van der Waals surface area contributed by atoms with Gasteiger partial charge in [0.1, 0.15) is 37.6 Å². The van der Waals surface area contributed by atoms with Crippen LogP contribution < -0.4 is 0 Å². The number of hydrogen-bond donors (Lipinski definition) is 1. The number of carbonyl (C=O) groups excluding carboxylic acids is 10. The number of esters is 10. The third-order valence-corrected chi connectivity index (χ3v) is 18.1. The van der Waals surface area contributed by atoms with Gasteiger partial charge in [0.05, 0.1) is 51.1 Å². The van der Waals surface area contributed by atoms with E-state index in [1.807, 2.05) is 6.08 Å². The van der Waals surface area contributed by atoms with Crippen molar-refractivity contribution in [2.75, 3.05) is 26.4 Å². The molecule has 8 aromatic rings. The SMILES string of the molecule is C=CCCCCCCCCOC(O)C(OC(C)=O)C(OC1OC(COC(=O)c2ccccc2)C(OC(=O)c2ccccc2)C(OC(=O)c2ccccc2)C1OC(=O)c1ccccc1)C(CCOC1OC(COC(=O)c2ccccc2)C(OC(=O)c2ccccc2)C(OC(=O)c2ccccc2)C1OC(=O)c1ccccc1)OC(C)=O. The monoisotopic (exact) mass is 1560 g/mol. The molecule has 2 heterocycles. The fourth-order valence-electron chi connectivity index (χ4n) is 12.5. The summed E-state index contributed by atoms with van der Waals surface area (Å²) < 4.78 is 95.2. The molecular weight excluding hydrogens is 1470 g/mol. The molecule has 1 N–H and O–H groups in total. The lowest BCUT2D eigenvalue weighted by Crippen LogP contribution is -2.65. The molecule has 2 aliphatic rings. The fraction of sp³-hybridized carbons (Fsp3) is 0.318. The summed E-state index contributed by atoms with van der Waals surface area (Å²) in [5.74, 6) is -10.2. The Kier molecular flexibility index (Phi) is 32.3. The Labute approximate surface area is 658 Å². The summed E-state index contributed by atoms with van der Waals surface area (Å²) in [6.07, 6.45) is -21.5. The highest BCUT2D eigenvalue weighted by atomic mass is 16.8. The summed E-state index contributed by atoms with van der Waals surface area (Å²) in [4.78, 5) is 144. The van der Waals surface area contributed by atoms with E-state index in [9.17, 15) is 53.1 Å². The van der Waals surface area contributed by atoms with E-state index in [1.165, 1.54) is 121 Å². The zero-order valence-corrected chi connectivity index (χ0v) is 62.6. The van der Waals surface area contributed by atoms with E-state index in [1.54, 1.807) is 121 Å². The van der Waals surface area contributed by atoms with Gasteiger partial charge in [-0.2, -0.15) is 0 Å². The van der Waals surface area contributed by atoms with Crippen molar-refractivity contribution in [3.63, 3.8) is 0 Å². The molecule has 0 bridgehead atoms. The second kappa shape index (κ2) is 43.7. The molecule has 0 amide bonds. The maximum absolute atomic E-state index is 14.9. The topological polar surface area (TPSA) is 329 Å². The number of hydrogen-bond acceptors (Lipinski definition) is 26. The van der Waals surface area contributed by atoms with E-state index in [0.29, 0.717) is 12.8 Å². The Balaban J connectivity index is 1.10. The van der Waals surface area contributed by atoms with Crippen LogP contribution in [0.4, 0.5) is 0 Å². The molecule has 2 aliphatic heterocycles. The third kappa shape index (κ3) is 24.7. The fourth-order valence-corrected chi connectivity index (χ4v) is 12.5. The number of ether oxygens (including phenoxy) is 15. The largest absolute Gasteiger partial charge is 0.460 e. The lowest BCUT2D eigenvalue weighted by Gasteiger charge is -2.46. The van der Waals surface area contributed by atoms with E-state index in [0.717, 1.165) is 46.0 Å². The first-order valence-corrected chi connectivity index (χ1v) is 37.3. The van der Waals surface area contributed by atoms with Crippen molar-refractivity contribution in [1.82, 2.24) is 0 Å². The molecule has 8 aromatic carbocycles. The smallest absolute Gasteiger partial charge is 0.338 e. The van der Waals surface area contributed by atoms with Gasteiger partial charge in [0, 0.05) is 26.9 Å². The van der Waals surface area contributed by atoms with Crippen LogP contribution in [0.1, 0.15) is 148 Å². The first-order chi connectivity index (χ1) is 55.4. The van der Waals surface area contributed by atoms with E-state index >= 15 is 0 Å². The predicted octanol–water partition coefficient (Wildman–Crippen LogP) is 12.4. The molecule has 10 rings (SSSR count). The highest BCUT2D eigenvalue weighted by Crippen LogP contribution is 2.37. The van der Waals surface area contributed by atoms with E-state index in [4.69, 9.17) is 71.1 Å². The summed E-state index contributed by atoms with van der Waals surface area (Å²) in [6, 6.07) is 61.0. The second-order valence-electron chi connectivity index (χ2n) is 26.4. The van der Waals surface area contributed by atoms with Crippen molar-refractivity contribution in [3.05, 3.63) is 300 Å². The first kappa shape index (κ1) is 84.4. The molecular formula is C88H88O26. The molecule has 0 aliphatic carbocycles. The Morgan fingerprint density at radius 3 is 1.00 bits per heavy atom. The molecule has 14 unspecified atom stereocenters. The van der Waals surface area contributed by atoms with Crippen LogP contribution in [0.25, 0.3) is 0 Å². The van der Waals surface area contributed by atoms with Crippen molar-refractivity contribution >= 4 is 59.7 Å². The minimum atomic E-state index is -2.26. The normalized spacial score (nSPS) is 20.1. The third-order valence-electron chi connectivity index (χ3n) is 18.1. The molecule has 2 saturated heterocycles. The molecule has 596 valence electrons. The Morgan fingerprint density at radius 2 is 0.658 bits per heavy atom. The number of rotatable bonds is 39. The lowest BCUT2D eigenvalue weighted by atomic mass is 9.96. The molecule has 0 aromatic heterocycles. The summed E-state index contributed by atoms with van der Waals surface area (Å²) in [6.45, 7) is 3.26. The van der Waals surface area contributed by atoms with Crippen LogP contribution in [0.15, 0.2) is 255 Å². The minimum absolute atomic E-state index is 0.0135. The average molecular weight is 1560 g/mol. The van der Waals surface area contributed by atoms with Crippen LogP contribution in [-0.2, 0) is 80.6 Å². The Hall–Kier alpha value is -12.0. The van der Waals surface area contributed by atoms with Crippen molar-refractivity contribution in [2.24, 2.45) is 0 Å². The standard InChI is InChI=1S/C88H88O26/c1-4-5-6-7-8-9-10-35-53-100-86(99)75(105-58(3)90)70(114-88-77(113-85(98)66-50-33-18-34-51-66)74(111-83(96)64-46-29-16-30-47-64)72(109-81(94)62-42-25-14-26-43-62)69(107-88)56-103-79(92)60-38-21-12-22-39-60)67(104-57(2)89)52-54-101-87-76(112-84(97)65-48-31-17-32-49-65)73(110-82(95)63-44-27-15-28-45-63)71(108-80(93)61-40-23-13-24-41-61)68(106-87)55-102-78(91)59-36-19-11-20-37-59/h4,11-34,36-51,67-77,86-88,99H,1,5-10,35,52-56H2,2-3H3. The summed E-state index contributed by atoms with van der Waals surface area (Å²) >= 11 is 0. The number of aliphatic hydroxyl groups is 1. The zero-order chi connectivity index (χ0) is 80.6. The van der Waals surface area contributed by atoms with Crippen LogP contribution in [0, 0.1) is 0 Å². The van der Waals surface area contributed by atoms with Gasteiger partial charge in [-0.15, -0.1) is 6.58 Å². The minimum Gasteiger partial charge on any atom is -0.460 e. The maximum atomic E-state index is 14.9. The van der Waals surface area contributed by atoms with E-state index in [2.05, 4.69) is 6.58 Å². The van der Waals surface area contributed by atoms with Crippen LogP contribution in [0.5, 0.6) is 0 Å². The van der Waals surface area contributed by atoms with Gasteiger partial charge in [0.2, 0.25) is 0 Å². The predicted molar refractivity (Wildman–Crippen MR) is 406 cm³/mol. The molecule has 14 atom stereocenters. The van der Waals surface area contributed by atoms with Gasteiger partial charge in [0.25, 0.3) is 0 Å². The summed E-state index contributed by atoms with van der Waals surface area (Å²) in [7, 11) is 0. The highest BCUT2D eigenvalue weighted by molar-refractivity contribution is 5.94. The van der Waals surface area contributed by atoms with Gasteiger partial charge in [0.15, 0.2) is 61.6 Å². The van der Waals surface area contributed by atoms with Gasteiger partial charge in [-0.05, 0) is 116 Å². The Morgan fingerprint density at radius 1 is 0.360 bits per heavy atom. The molecule has 114 heavy (non-hydrogen) atoms. The molecule has 0 radical (unpaired) electrons. The molecule has 26 nitrogen and oxygen atoms in total. The van der Waals surface area contributed by atoms with Crippen molar-refractivity contribution in [3.8, 4) is 0 Å². The summed E-state index contributed by atoms with van der Waals surface area (Å²) in [5, 5.41) is 12.6. The number of aliphatic hydroxyl groups excluding tert-OH is 1. The van der Waals surface area contributed by atoms with Crippen molar-refractivity contribution < 1.29 is 124 Å². The summed E-state index contributed by atoms with van der Waals surface area (Å²) in [5.41, 5.74) is -0.0444. The quantitative estimate of drug-likeness (QED) is 0.0123. The second-order valence-corrected chi connectivity index (χ2v) is 26.4. The van der Waals surface area contributed by atoms with Gasteiger partial charge in [-0.1, -0.05) is 177 Å². The average Bonchev–Trinajstić information content (AvgIpc) is 0.776. The van der Waals surface area contributed by atoms with Crippen molar-refractivity contribution in [1.29, 1.82) is 0 Å². The number of carbonyl (C=O) groups is 10. The molecule has 26 heteroatoms. The number of allylic oxidation sites excluding steroid dienone is 1. The van der Waals surface area contributed by atoms with Crippen molar-refractivity contribution in [2.45, 2.75) is 151 Å². The van der Waals surface area contributed by atoms with Gasteiger partial charge >= 0.3 is 59.7 Å². The first-order valence-electron chi connectivity index (χ1n) is 37.3.